The summed E-state index contributed by atoms with van der Waals surface area (Å²) in [6.07, 6.45) is 1.68. The van der Waals surface area contributed by atoms with Gasteiger partial charge in [-0.05, 0) is 32.0 Å². The highest BCUT2D eigenvalue weighted by atomic mass is 32.2. The SMILES string of the molecule is CCCNCCCS(=O)(=O)N(C)Cc1ccccc1OC. The molecule has 0 aromatic heterocycles. The van der Waals surface area contributed by atoms with Gasteiger partial charge in [0.1, 0.15) is 5.75 Å². The standard InChI is InChI=1S/C15H26N2O3S/c1-4-10-16-11-7-12-21(18,19)17(2)13-14-8-5-6-9-15(14)20-3/h5-6,8-9,16H,4,7,10-13H2,1-3H3. The van der Waals surface area contributed by atoms with E-state index in [4.69, 9.17) is 4.74 Å². The normalized spacial score (nSPS) is 11.8. The van der Waals surface area contributed by atoms with Gasteiger partial charge in [0.2, 0.25) is 10.0 Å². The van der Waals surface area contributed by atoms with Crippen LogP contribution < -0.4 is 10.1 Å². The van der Waals surface area contributed by atoms with Crippen molar-refractivity contribution in [3.8, 4) is 5.75 Å². The molecule has 0 heterocycles. The van der Waals surface area contributed by atoms with E-state index in [9.17, 15) is 8.42 Å². The summed E-state index contributed by atoms with van der Waals surface area (Å²) in [6.45, 7) is 4.08. The second-order valence-corrected chi connectivity index (χ2v) is 7.18. The van der Waals surface area contributed by atoms with E-state index in [2.05, 4.69) is 12.2 Å². The van der Waals surface area contributed by atoms with Crippen molar-refractivity contribution >= 4 is 10.0 Å². The predicted molar refractivity (Wildman–Crippen MR) is 86.0 cm³/mol. The Morgan fingerprint density at radius 3 is 2.62 bits per heavy atom. The number of para-hydroxylation sites is 1. The summed E-state index contributed by atoms with van der Waals surface area (Å²) >= 11 is 0. The maximum atomic E-state index is 12.2. The average Bonchev–Trinajstić information content (AvgIpc) is 2.47. The van der Waals surface area contributed by atoms with Crippen LogP contribution in [-0.4, -0.2) is 45.7 Å². The van der Waals surface area contributed by atoms with Crippen LogP contribution in [0, 0.1) is 0 Å². The van der Waals surface area contributed by atoms with Gasteiger partial charge in [0.25, 0.3) is 0 Å². The monoisotopic (exact) mass is 314 g/mol. The van der Waals surface area contributed by atoms with Gasteiger partial charge >= 0.3 is 0 Å². The lowest BCUT2D eigenvalue weighted by Gasteiger charge is -2.18. The Kier molecular flexibility index (Phi) is 7.71. The van der Waals surface area contributed by atoms with E-state index in [1.54, 1.807) is 14.2 Å². The number of rotatable bonds is 10. The first kappa shape index (κ1) is 17.9. The molecule has 0 fully saturated rings. The van der Waals surface area contributed by atoms with Gasteiger partial charge in [-0.1, -0.05) is 25.1 Å². The Balaban J connectivity index is 2.54. The predicted octanol–water partition coefficient (Wildman–Crippen LogP) is 1.85. The van der Waals surface area contributed by atoms with Gasteiger partial charge in [-0.2, -0.15) is 0 Å². The second-order valence-electron chi connectivity index (χ2n) is 4.99. The molecule has 0 aliphatic heterocycles. The zero-order valence-corrected chi connectivity index (χ0v) is 13.9. The Labute approximate surface area is 128 Å². The van der Waals surface area contributed by atoms with Gasteiger partial charge in [0, 0.05) is 19.2 Å². The first-order chi connectivity index (χ1) is 10.0. The lowest BCUT2D eigenvalue weighted by molar-refractivity contribution is 0.398. The molecule has 0 radical (unpaired) electrons. The molecule has 0 atom stereocenters. The van der Waals surface area contributed by atoms with E-state index in [1.807, 2.05) is 24.3 Å². The fourth-order valence-corrected chi connectivity index (χ4v) is 3.17. The van der Waals surface area contributed by atoms with Gasteiger partial charge in [0.05, 0.1) is 12.9 Å². The molecule has 1 aromatic carbocycles. The van der Waals surface area contributed by atoms with Crippen LogP contribution in [0.25, 0.3) is 0 Å². The van der Waals surface area contributed by atoms with Crippen LogP contribution in [-0.2, 0) is 16.6 Å². The highest BCUT2D eigenvalue weighted by molar-refractivity contribution is 7.89. The Bertz CT molecular complexity index is 517. The summed E-state index contributed by atoms with van der Waals surface area (Å²) in [4.78, 5) is 0. The van der Waals surface area contributed by atoms with Crippen LogP contribution in [0.2, 0.25) is 0 Å². The molecule has 0 amide bonds. The van der Waals surface area contributed by atoms with Crippen LogP contribution in [0.5, 0.6) is 5.75 Å². The highest BCUT2D eigenvalue weighted by Crippen LogP contribution is 2.20. The molecule has 0 spiro atoms. The third kappa shape index (κ3) is 6.03. The molecule has 5 nitrogen and oxygen atoms in total. The number of hydrogen-bond acceptors (Lipinski definition) is 4. The maximum absolute atomic E-state index is 12.2. The highest BCUT2D eigenvalue weighted by Gasteiger charge is 2.18. The van der Waals surface area contributed by atoms with E-state index in [0.29, 0.717) is 18.7 Å². The Morgan fingerprint density at radius 1 is 1.24 bits per heavy atom. The molecule has 1 N–H and O–H groups in total. The van der Waals surface area contributed by atoms with E-state index in [0.717, 1.165) is 25.1 Å². The van der Waals surface area contributed by atoms with Crippen LogP contribution >= 0.6 is 0 Å². The van der Waals surface area contributed by atoms with Gasteiger partial charge in [0.15, 0.2) is 0 Å². The van der Waals surface area contributed by atoms with Crippen molar-refractivity contribution in [2.24, 2.45) is 0 Å². The largest absolute Gasteiger partial charge is 0.496 e. The molecular weight excluding hydrogens is 288 g/mol. The minimum absolute atomic E-state index is 0.162. The third-order valence-corrected chi connectivity index (χ3v) is 5.13. The Hall–Kier alpha value is -1.11. The van der Waals surface area contributed by atoms with E-state index in [1.165, 1.54) is 4.31 Å². The molecule has 21 heavy (non-hydrogen) atoms. The minimum atomic E-state index is -3.23. The van der Waals surface area contributed by atoms with Crippen LogP contribution in [0.3, 0.4) is 0 Å². The van der Waals surface area contributed by atoms with Crippen molar-refractivity contribution in [2.75, 3.05) is 33.0 Å². The molecule has 0 aliphatic carbocycles. The van der Waals surface area contributed by atoms with E-state index in [-0.39, 0.29) is 5.75 Å². The number of nitrogens with zero attached hydrogens (tertiary/aromatic N) is 1. The summed E-state index contributed by atoms with van der Waals surface area (Å²) in [5.41, 5.74) is 0.871. The summed E-state index contributed by atoms with van der Waals surface area (Å²) in [7, 11) is -0.0305. The Morgan fingerprint density at radius 2 is 1.95 bits per heavy atom. The third-order valence-electron chi connectivity index (χ3n) is 3.24. The number of sulfonamides is 1. The molecule has 6 heteroatoms. The quantitative estimate of drug-likeness (QED) is 0.670. The van der Waals surface area contributed by atoms with Gasteiger partial charge < -0.3 is 10.1 Å². The number of nitrogens with one attached hydrogen (secondary N) is 1. The molecule has 0 aliphatic rings. The lowest BCUT2D eigenvalue weighted by Crippen LogP contribution is -2.30. The minimum Gasteiger partial charge on any atom is -0.496 e. The van der Waals surface area contributed by atoms with Crippen molar-refractivity contribution in [2.45, 2.75) is 26.3 Å². The summed E-state index contributed by atoms with van der Waals surface area (Å²) in [5.74, 6) is 0.874. The fourth-order valence-electron chi connectivity index (χ4n) is 2.01. The molecule has 1 aromatic rings. The zero-order chi connectivity index (χ0) is 15.7. The van der Waals surface area contributed by atoms with Crippen LogP contribution in [0.15, 0.2) is 24.3 Å². The number of benzene rings is 1. The van der Waals surface area contributed by atoms with Gasteiger partial charge in [-0.15, -0.1) is 0 Å². The lowest BCUT2D eigenvalue weighted by atomic mass is 10.2. The van der Waals surface area contributed by atoms with Gasteiger partial charge in [-0.3, -0.25) is 0 Å². The van der Waals surface area contributed by atoms with Crippen molar-refractivity contribution < 1.29 is 13.2 Å². The van der Waals surface area contributed by atoms with Crippen LogP contribution in [0.4, 0.5) is 0 Å². The first-order valence-corrected chi connectivity index (χ1v) is 8.88. The molecule has 0 saturated carbocycles. The summed E-state index contributed by atoms with van der Waals surface area (Å²) in [6, 6.07) is 7.47. The van der Waals surface area contributed by atoms with E-state index >= 15 is 0 Å². The van der Waals surface area contributed by atoms with Crippen molar-refractivity contribution in [3.63, 3.8) is 0 Å². The fraction of sp³-hybridized carbons (Fsp3) is 0.600. The number of hydrogen-bond donors (Lipinski definition) is 1. The van der Waals surface area contributed by atoms with Crippen molar-refractivity contribution in [1.29, 1.82) is 0 Å². The van der Waals surface area contributed by atoms with Crippen molar-refractivity contribution in [1.82, 2.24) is 9.62 Å². The van der Waals surface area contributed by atoms with E-state index < -0.39 is 10.0 Å². The van der Waals surface area contributed by atoms with Crippen LogP contribution in [0.1, 0.15) is 25.3 Å². The smallest absolute Gasteiger partial charge is 0.214 e. The van der Waals surface area contributed by atoms with Crippen molar-refractivity contribution in [3.05, 3.63) is 29.8 Å². The summed E-state index contributed by atoms with van der Waals surface area (Å²) in [5, 5.41) is 3.21. The zero-order valence-electron chi connectivity index (χ0n) is 13.1. The number of methoxy groups -OCH3 is 1. The number of ether oxygens (including phenoxy) is 1. The average molecular weight is 314 g/mol. The molecule has 0 unspecified atom stereocenters. The molecule has 1 rings (SSSR count). The van der Waals surface area contributed by atoms with Gasteiger partial charge in [-0.25, -0.2) is 12.7 Å². The molecule has 0 bridgehead atoms. The second kappa shape index (κ2) is 9.02. The first-order valence-electron chi connectivity index (χ1n) is 7.28. The summed E-state index contributed by atoms with van der Waals surface area (Å²) < 4.78 is 31.1. The molecule has 120 valence electrons. The molecule has 0 saturated heterocycles. The molecular formula is C15H26N2O3S. The topological polar surface area (TPSA) is 58.6 Å². The maximum Gasteiger partial charge on any atom is 0.214 e.